The van der Waals surface area contributed by atoms with E-state index < -0.39 is 5.56 Å². The van der Waals surface area contributed by atoms with Gasteiger partial charge in [-0.25, -0.2) is 4.98 Å². The quantitative estimate of drug-likeness (QED) is 0.448. The summed E-state index contributed by atoms with van der Waals surface area (Å²) in [4.78, 5) is 17.8. The lowest BCUT2D eigenvalue weighted by molar-refractivity contribution is 0.724. The second-order valence-corrected chi connectivity index (χ2v) is 7.96. The van der Waals surface area contributed by atoms with Crippen molar-refractivity contribution in [2.45, 2.75) is 6.54 Å². The molecule has 2 aromatic carbocycles. The Labute approximate surface area is 181 Å². The van der Waals surface area contributed by atoms with Crippen LogP contribution in [0.3, 0.4) is 0 Å². The Bertz CT molecular complexity index is 1150. The molecule has 0 aliphatic heterocycles. The van der Waals surface area contributed by atoms with Crippen LogP contribution in [0.4, 0.5) is 0 Å². The molecule has 9 heteroatoms. The van der Waals surface area contributed by atoms with Crippen molar-refractivity contribution in [3.05, 3.63) is 74.5 Å². The lowest BCUT2D eigenvalue weighted by Gasteiger charge is -2.15. The zero-order valence-corrected chi connectivity index (χ0v) is 17.4. The van der Waals surface area contributed by atoms with E-state index in [0.29, 0.717) is 32.7 Å². The molecule has 0 saturated carbocycles. The number of nitrogens with one attached hydrogen (secondary N) is 1. The highest BCUT2D eigenvalue weighted by molar-refractivity contribution is 8.13. The van der Waals surface area contributed by atoms with Gasteiger partial charge in [-0.15, -0.1) is 0 Å². The van der Waals surface area contributed by atoms with E-state index in [1.54, 1.807) is 48.5 Å². The number of halogens is 2. The summed E-state index contributed by atoms with van der Waals surface area (Å²) in [6, 6.07) is 15.7. The molecule has 29 heavy (non-hydrogen) atoms. The van der Waals surface area contributed by atoms with Gasteiger partial charge in [-0.2, -0.15) is 5.26 Å². The average molecular weight is 444 g/mol. The monoisotopic (exact) mass is 443 g/mol. The van der Waals surface area contributed by atoms with Crippen molar-refractivity contribution in [1.82, 2.24) is 9.55 Å². The van der Waals surface area contributed by atoms with Gasteiger partial charge in [0.05, 0.1) is 5.69 Å². The van der Waals surface area contributed by atoms with Gasteiger partial charge in [0.1, 0.15) is 17.5 Å². The van der Waals surface area contributed by atoms with Crippen LogP contribution in [0.5, 0.6) is 0 Å². The van der Waals surface area contributed by atoms with Crippen LogP contribution in [0.25, 0.3) is 22.6 Å². The predicted octanol–water partition coefficient (Wildman–Crippen LogP) is 4.38. The van der Waals surface area contributed by atoms with Crippen molar-refractivity contribution in [2.24, 2.45) is 5.73 Å². The van der Waals surface area contributed by atoms with Crippen LogP contribution in [0.1, 0.15) is 5.56 Å². The summed E-state index contributed by atoms with van der Waals surface area (Å²) in [7, 11) is 0. The van der Waals surface area contributed by atoms with E-state index in [9.17, 15) is 10.1 Å². The van der Waals surface area contributed by atoms with E-state index in [-0.39, 0.29) is 23.0 Å². The van der Waals surface area contributed by atoms with Gasteiger partial charge in [0.15, 0.2) is 5.17 Å². The first-order chi connectivity index (χ1) is 13.9. The summed E-state index contributed by atoms with van der Waals surface area (Å²) in [5, 5.41) is 18.1. The van der Waals surface area contributed by atoms with Gasteiger partial charge >= 0.3 is 0 Å². The van der Waals surface area contributed by atoms with Crippen LogP contribution < -0.4 is 11.3 Å². The van der Waals surface area contributed by atoms with Crippen molar-refractivity contribution in [3.8, 4) is 28.7 Å². The molecule has 0 atom stereocenters. The summed E-state index contributed by atoms with van der Waals surface area (Å²) in [5.74, 6) is 0.794. The van der Waals surface area contributed by atoms with E-state index in [1.807, 2.05) is 6.07 Å². The van der Waals surface area contributed by atoms with Gasteiger partial charge in [0, 0.05) is 33.5 Å². The third-order valence-electron chi connectivity index (χ3n) is 4.07. The Morgan fingerprint density at radius 3 is 2.17 bits per heavy atom. The smallest absolute Gasteiger partial charge is 0.272 e. The Morgan fingerprint density at radius 1 is 1.10 bits per heavy atom. The molecule has 3 N–H and O–H groups in total. The zero-order chi connectivity index (χ0) is 21.0. The summed E-state index contributed by atoms with van der Waals surface area (Å²) < 4.78 is 1.43. The van der Waals surface area contributed by atoms with Crippen LogP contribution >= 0.6 is 35.0 Å². The molecule has 0 bridgehead atoms. The molecule has 0 unspecified atom stereocenters. The van der Waals surface area contributed by atoms with Gasteiger partial charge in [-0.05, 0) is 36.4 Å². The van der Waals surface area contributed by atoms with Crippen LogP contribution in [0.2, 0.25) is 10.0 Å². The number of nitrogens with zero attached hydrogens (tertiary/aromatic N) is 3. The van der Waals surface area contributed by atoms with Gasteiger partial charge in [-0.1, -0.05) is 47.1 Å². The van der Waals surface area contributed by atoms with Crippen molar-refractivity contribution >= 4 is 40.1 Å². The first kappa shape index (κ1) is 20.9. The number of hydrogen-bond donors (Lipinski definition) is 2. The molecule has 3 rings (SSSR count). The second-order valence-electron chi connectivity index (χ2n) is 5.95. The van der Waals surface area contributed by atoms with Crippen molar-refractivity contribution < 1.29 is 0 Å². The topological polar surface area (TPSA) is 109 Å². The highest BCUT2D eigenvalue weighted by Crippen LogP contribution is 2.26. The number of rotatable bonds is 5. The fourth-order valence-electron chi connectivity index (χ4n) is 2.75. The number of aromatic nitrogens is 2. The number of benzene rings is 2. The number of amidine groups is 1. The summed E-state index contributed by atoms with van der Waals surface area (Å²) in [6.45, 7) is 0.240. The first-order valence-corrected chi connectivity index (χ1v) is 10.2. The Morgan fingerprint density at radius 2 is 1.66 bits per heavy atom. The normalized spacial score (nSPS) is 10.5. The van der Waals surface area contributed by atoms with Gasteiger partial charge in [-0.3, -0.25) is 14.8 Å². The van der Waals surface area contributed by atoms with E-state index in [2.05, 4.69) is 4.98 Å². The van der Waals surface area contributed by atoms with Gasteiger partial charge in [0.25, 0.3) is 5.56 Å². The molecule has 0 aliphatic rings. The van der Waals surface area contributed by atoms with Gasteiger partial charge < -0.3 is 5.73 Å². The van der Waals surface area contributed by atoms with Crippen LogP contribution in [-0.2, 0) is 6.54 Å². The maximum Gasteiger partial charge on any atom is 0.272 e. The standard InChI is InChI=1S/C20H15Cl2N5OS/c21-14-5-1-12(2-6-14)17-16(11-23)19(28)27(9-10-29-20(24)25)18(26-17)13-3-7-15(22)8-4-13/h1-8H,9-10H2,(H3,24,25). The molecule has 1 heterocycles. The van der Waals surface area contributed by atoms with Crippen molar-refractivity contribution in [1.29, 1.82) is 10.7 Å². The maximum absolute atomic E-state index is 13.2. The van der Waals surface area contributed by atoms with E-state index in [0.717, 1.165) is 11.8 Å². The first-order valence-electron chi connectivity index (χ1n) is 8.44. The minimum Gasteiger partial charge on any atom is -0.379 e. The molecule has 0 amide bonds. The van der Waals surface area contributed by atoms with E-state index >= 15 is 0 Å². The summed E-state index contributed by atoms with van der Waals surface area (Å²) in [5.41, 5.74) is 6.46. The van der Waals surface area contributed by atoms with Crippen LogP contribution in [0.15, 0.2) is 53.3 Å². The minimum atomic E-state index is -0.457. The third-order valence-corrected chi connectivity index (χ3v) is 5.28. The molecule has 6 nitrogen and oxygen atoms in total. The number of thioether (sulfide) groups is 1. The Kier molecular flexibility index (Phi) is 6.60. The molecule has 146 valence electrons. The average Bonchev–Trinajstić information content (AvgIpc) is 2.70. The SMILES string of the molecule is N#Cc1c(-c2ccc(Cl)cc2)nc(-c2ccc(Cl)cc2)n(CCSC(=N)N)c1=O. The molecular weight excluding hydrogens is 429 g/mol. The molecule has 3 aromatic rings. The number of hydrogen-bond acceptors (Lipinski definition) is 5. The molecule has 0 saturated heterocycles. The van der Waals surface area contributed by atoms with Crippen LogP contribution in [0, 0.1) is 16.7 Å². The highest BCUT2D eigenvalue weighted by atomic mass is 35.5. The molecule has 0 spiro atoms. The zero-order valence-electron chi connectivity index (χ0n) is 15.0. The molecule has 1 aromatic heterocycles. The Balaban J connectivity index is 2.22. The number of nitrogens with two attached hydrogens (primary N) is 1. The fraction of sp³-hybridized carbons (Fsp3) is 0.100. The molecule has 0 fully saturated rings. The van der Waals surface area contributed by atoms with Gasteiger partial charge in [0.2, 0.25) is 0 Å². The largest absolute Gasteiger partial charge is 0.379 e. The summed E-state index contributed by atoms with van der Waals surface area (Å²) in [6.07, 6.45) is 0. The lowest BCUT2D eigenvalue weighted by Crippen LogP contribution is -2.28. The summed E-state index contributed by atoms with van der Waals surface area (Å²) >= 11 is 13.1. The van der Waals surface area contributed by atoms with Crippen LogP contribution in [-0.4, -0.2) is 20.5 Å². The second kappa shape index (κ2) is 9.14. The number of nitriles is 1. The maximum atomic E-state index is 13.2. The lowest BCUT2D eigenvalue weighted by atomic mass is 10.1. The van der Waals surface area contributed by atoms with Crippen molar-refractivity contribution in [3.63, 3.8) is 0 Å². The fourth-order valence-corrected chi connectivity index (χ4v) is 3.49. The Hall–Kier alpha value is -2.79. The molecule has 0 radical (unpaired) electrons. The third kappa shape index (κ3) is 4.80. The molecular formula is C20H15Cl2N5OS. The minimum absolute atomic E-state index is 0.0441. The molecule has 0 aliphatic carbocycles. The predicted molar refractivity (Wildman–Crippen MR) is 118 cm³/mol. The van der Waals surface area contributed by atoms with E-state index in [1.165, 1.54) is 4.57 Å². The van der Waals surface area contributed by atoms with Crippen molar-refractivity contribution in [2.75, 3.05) is 5.75 Å². The highest BCUT2D eigenvalue weighted by Gasteiger charge is 2.19. The van der Waals surface area contributed by atoms with E-state index in [4.69, 9.17) is 34.3 Å².